The molecule has 0 atom stereocenters. The van der Waals surface area contributed by atoms with Gasteiger partial charge in [0.2, 0.25) is 0 Å². The van der Waals surface area contributed by atoms with Crippen LogP contribution in [0.5, 0.6) is 5.75 Å². The van der Waals surface area contributed by atoms with Crippen LogP contribution in [0.1, 0.15) is 70.7 Å². The Morgan fingerprint density at radius 2 is 1.68 bits per heavy atom. The molecule has 1 aliphatic rings. The zero-order valence-corrected chi connectivity index (χ0v) is 24.9. The highest BCUT2D eigenvalue weighted by Crippen LogP contribution is 2.39. The Morgan fingerprint density at radius 3 is 2.25 bits per heavy atom. The van der Waals surface area contributed by atoms with Crippen LogP contribution in [0.4, 0.5) is 5.69 Å². The quantitative estimate of drug-likeness (QED) is 0.295. The van der Waals surface area contributed by atoms with E-state index >= 15 is 0 Å². The van der Waals surface area contributed by atoms with E-state index < -0.39 is 11.6 Å². The first-order chi connectivity index (χ1) is 18.8. The molecule has 0 spiro atoms. The van der Waals surface area contributed by atoms with Crippen LogP contribution in [-0.2, 0) is 17.6 Å². The predicted molar refractivity (Wildman–Crippen MR) is 161 cm³/mol. The van der Waals surface area contributed by atoms with Gasteiger partial charge in [0.1, 0.15) is 5.75 Å². The van der Waals surface area contributed by atoms with Crippen LogP contribution in [0.15, 0.2) is 54.9 Å². The van der Waals surface area contributed by atoms with Gasteiger partial charge in [-0.2, -0.15) is 0 Å². The molecule has 4 rings (SSSR count). The molecule has 1 saturated heterocycles. The Bertz CT molecular complexity index is 1220. The lowest BCUT2D eigenvalue weighted by atomic mass is 9.82. The highest BCUT2D eigenvalue weighted by molar-refractivity contribution is 5.83. The fourth-order valence-electron chi connectivity index (χ4n) is 4.62. The van der Waals surface area contributed by atoms with E-state index in [0.717, 1.165) is 72.7 Å². The molecule has 0 radical (unpaired) electrons. The number of aliphatic carboxylic acids is 1. The standard InChI is InChI=1S/C29H35N3O3.C4H10O/c1-21-24(18-27(33)34)28(32-15-13-29(2,3)14-16-32)25(20-30-21)26-12-11-23(19-31-26)35-17-7-10-22-8-5-4-6-9-22;1-4(2,3)5/h4-6,8-9,11-12,19-20H,7,10,13-18H2,1-3H3,(H,33,34);5H,1-3H3. The topological polar surface area (TPSA) is 95.8 Å². The number of carboxylic acid groups (broad SMARTS) is 1. The summed E-state index contributed by atoms with van der Waals surface area (Å²) >= 11 is 0. The first-order valence-electron chi connectivity index (χ1n) is 14.1. The number of aryl methyl sites for hydroxylation is 2. The number of aliphatic hydroxyl groups is 1. The molecule has 3 aromatic rings. The average molecular weight is 548 g/mol. The van der Waals surface area contributed by atoms with Crippen molar-refractivity contribution >= 4 is 11.7 Å². The molecule has 3 heterocycles. The summed E-state index contributed by atoms with van der Waals surface area (Å²) in [6, 6.07) is 14.3. The maximum atomic E-state index is 11.7. The third kappa shape index (κ3) is 9.94. The first-order valence-corrected chi connectivity index (χ1v) is 14.1. The number of ether oxygens (including phenoxy) is 1. The van der Waals surface area contributed by atoms with Gasteiger partial charge in [-0.05, 0) is 76.5 Å². The highest BCUT2D eigenvalue weighted by atomic mass is 16.5. The maximum absolute atomic E-state index is 11.7. The largest absolute Gasteiger partial charge is 0.492 e. The number of hydrogen-bond acceptors (Lipinski definition) is 6. The molecule has 0 bridgehead atoms. The number of nitrogens with zero attached hydrogens (tertiary/aromatic N) is 3. The molecule has 1 aromatic carbocycles. The number of carbonyl (C=O) groups is 1. The number of piperidine rings is 1. The highest BCUT2D eigenvalue weighted by Gasteiger charge is 2.29. The van der Waals surface area contributed by atoms with Gasteiger partial charge in [0.25, 0.3) is 0 Å². The van der Waals surface area contributed by atoms with Gasteiger partial charge in [-0.1, -0.05) is 44.2 Å². The molecule has 1 aliphatic heterocycles. The second-order valence-corrected chi connectivity index (χ2v) is 12.3. The molecule has 2 aromatic heterocycles. The molecule has 0 aliphatic carbocycles. The number of anilines is 1. The van der Waals surface area contributed by atoms with Crippen LogP contribution in [0, 0.1) is 12.3 Å². The number of rotatable bonds is 9. The minimum atomic E-state index is -0.849. The second-order valence-electron chi connectivity index (χ2n) is 12.3. The molecule has 0 unspecified atom stereocenters. The van der Waals surface area contributed by atoms with Crippen molar-refractivity contribution in [2.75, 3.05) is 24.6 Å². The van der Waals surface area contributed by atoms with Gasteiger partial charge in [-0.15, -0.1) is 0 Å². The number of pyridine rings is 2. The Kier molecular flexibility index (Phi) is 10.7. The lowest BCUT2D eigenvalue weighted by molar-refractivity contribution is -0.136. The molecule has 0 amide bonds. The van der Waals surface area contributed by atoms with E-state index in [4.69, 9.17) is 9.84 Å². The Morgan fingerprint density at radius 1 is 1.02 bits per heavy atom. The zero-order valence-electron chi connectivity index (χ0n) is 24.9. The summed E-state index contributed by atoms with van der Waals surface area (Å²) in [7, 11) is 0. The first kappa shape index (κ1) is 31.1. The van der Waals surface area contributed by atoms with E-state index in [1.54, 1.807) is 27.0 Å². The van der Waals surface area contributed by atoms with E-state index in [1.807, 2.05) is 31.3 Å². The van der Waals surface area contributed by atoms with Crippen LogP contribution in [0.2, 0.25) is 0 Å². The van der Waals surface area contributed by atoms with Crippen molar-refractivity contribution in [2.24, 2.45) is 5.41 Å². The Hall–Kier alpha value is -3.45. The van der Waals surface area contributed by atoms with Crippen molar-refractivity contribution in [1.29, 1.82) is 0 Å². The summed E-state index contributed by atoms with van der Waals surface area (Å²) < 4.78 is 5.92. The third-order valence-electron chi connectivity index (χ3n) is 6.86. The number of hydrogen-bond donors (Lipinski definition) is 2. The fourth-order valence-corrected chi connectivity index (χ4v) is 4.62. The summed E-state index contributed by atoms with van der Waals surface area (Å²) in [5, 5.41) is 18.1. The van der Waals surface area contributed by atoms with Crippen LogP contribution in [-0.4, -0.2) is 51.4 Å². The number of benzene rings is 1. The van der Waals surface area contributed by atoms with Gasteiger partial charge in [0.15, 0.2) is 0 Å². The van der Waals surface area contributed by atoms with Crippen molar-refractivity contribution < 1.29 is 19.7 Å². The van der Waals surface area contributed by atoms with Crippen LogP contribution in [0.25, 0.3) is 11.3 Å². The molecule has 7 heteroatoms. The number of carboxylic acids is 1. The Labute approximate surface area is 239 Å². The summed E-state index contributed by atoms with van der Waals surface area (Å²) in [5.74, 6) is -0.119. The molecule has 40 heavy (non-hydrogen) atoms. The van der Waals surface area contributed by atoms with E-state index in [2.05, 4.69) is 53.0 Å². The van der Waals surface area contributed by atoms with Gasteiger partial charge >= 0.3 is 5.97 Å². The molecule has 216 valence electrons. The molecular weight excluding hydrogens is 502 g/mol. The molecule has 2 N–H and O–H groups in total. The van der Waals surface area contributed by atoms with Gasteiger partial charge in [-0.25, -0.2) is 0 Å². The molecular formula is C33H45N3O4. The molecule has 1 fully saturated rings. The van der Waals surface area contributed by atoms with E-state index in [1.165, 1.54) is 5.56 Å². The monoisotopic (exact) mass is 547 g/mol. The SMILES string of the molecule is CC(C)(C)O.Cc1ncc(-c2ccc(OCCCc3ccccc3)cn2)c(N2CCC(C)(C)CC2)c1CC(=O)O. The van der Waals surface area contributed by atoms with Crippen molar-refractivity contribution in [3.63, 3.8) is 0 Å². The Balaban J connectivity index is 0.000000810. The van der Waals surface area contributed by atoms with E-state index in [9.17, 15) is 9.90 Å². The van der Waals surface area contributed by atoms with Gasteiger partial charge in [-0.3, -0.25) is 14.8 Å². The molecule has 7 nitrogen and oxygen atoms in total. The zero-order chi connectivity index (χ0) is 29.3. The number of aromatic nitrogens is 2. The fraction of sp³-hybridized carbons (Fsp3) is 0.485. The van der Waals surface area contributed by atoms with Gasteiger partial charge in [0.05, 0.1) is 36.2 Å². The maximum Gasteiger partial charge on any atom is 0.307 e. The summed E-state index contributed by atoms with van der Waals surface area (Å²) in [4.78, 5) is 23.2. The lowest BCUT2D eigenvalue weighted by Gasteiger charge is -2.40. The lowest BCUT2D eigenvalue weighted by Crippen LogP contribution is -2.38. The van der Waals surface area contributed by atoms with Crippen molar-refractivity contribution in [3.8, 4) is 17.0 Å². The summed E-state index contributed by atoms with van der Waals surface area (Å²) in [6.07, 6.45) is 7.55. The van der Waals surface area contributed by atoms with Crippen LogP contribution < -0.4 is 9.64 Å². The van der Waals surface area contributed by atoms with E-state index in [-0.39, 0.29) is 6.42 Å². The minimum absolute atomic E-state index is 0.0511. The molecule has 0 saturated carbocycles. The van der Waals surface area contributed by atoms with Gasteiger partial charge < -0.3 is 19.8 Å². The van der Waals surface area contributed by atoms with Crippen LogP contribution >= 0.6 is 0 Å². The average Bonchev–Trinajstić information content (AvgIpc) is 2.88. The van der Waals surface area contributed by atoms with Gasteiger partial charge in [0, 0.05) is 36.1 Å². The van der Waals surface area contributed by atoms with E-state index in [0.29, 0.717) is 12.0 Å². The van der Waals surface area contributed by atoms with Crippen molar-refractivity contribution in [2.45, 2.75) is 79.2 Å². The minimum Gasteiger partial charge on any atom is -0.492 e. The summed E-state index contributed by atoms with van der Waals surface area (Å²) in [5.41, 5.74) is 5.25. The second kappa shape index (κ2) is 13.8. The van der Waals surface area contributed by atoms with Crippen molar-refractivity contribution in [3.05, 3.63) is 71.7 Å². The smallest absolute Gasteiger partial charge is 0.307 e. The summed E-state index contributed by atoms with van der Waals surface area (Å²) in [6.45, 7) is 14.1. The predicted octanol–water partition coefficient (Wildman–Crippen LogP) is 6.49. The van der Waals surface area contributed by atoms with Crippen molar-refractivity contribution in [1.82, 2.24) is 9.97 Å². The third-order valence-corrected chi connectivity index (χ3v) is 6.86. The normalized spacial score (nSPS) is 14.7. The van der Waals surface area contributed by atoms with Crippen LogP contribution in [0.3, 0.4) is 0 Å².